The number of nitrogens with two attached hydrogens (primary N) is 1. The number of amides is 1. The number of hydrogen-bond donors (Lipinski definition) is 3. The Hall–Kier alpha value is -0.830. The maximum absolute atomic E-state index is 11.3. The van der Waals surface area contributed by atoms with E-state index in [1.807, 2.05) is 32.2 Å². The van der Waals surface area contributed by atoms with Gasteiger partial charge in [-0.25, -0.2) is 4.99 Å². The van der Waals surface area contributed by atoms with Gasteiger partial charge in [-0.15, -0.1) is 24.0 Å². The van der Waals surface area contributed by atoms with Crippen LogP contribution in [-0.4, -0.2) is 25.0 Å². The standard InChI is InChI=1S/C13H22N4OS.HI/c1-4-15-12(16-7-10-5-6-19-8-10)17-9-13(2,3)11(14)18;/h5-6,8H,4,7,9H2,1-3H3,(H2,14,18)(H2,15,16,17);1H. The van der Waals surface area contributed by atoms with E-state index in [0.29, 0.717) is 19.0 Å². The zero-order valence-electron chi connectivity index (χ0n) is 12.1. The average molecular weight is 410 g/mol. The first-order valence-electron chi connectivity index (χ1n) is 6.29. The van der Waals surface area contributed by atoms with Crippen LogP contribution in [0.25, 0.3) is 0 Å². The van der Waals surface area contributed by atoms with E-state index in [1.165, 1.54) is 5.56 Å². The van der Waals surface area contributed by atoms with Crippen molar-refractivity contribution in [1.29, 1.82) is 0 Å². The van der Waals surface area contributed by atoms with Crippen LogP contribution < -0.4 is 16.4 Å². The third kappa shape index (κ3) is 6.56. The molecule has 0 aliphatic rings. The fourth-order valence-corrected chi connectivity index (χ4v) is 1.95. The Bertz CT molecular complexity index is 432. The van der Waals surface area contributed by atoms with Crippen molar-refractivity contribution in [2.24, 2.45) is 16.1 Å². The smallest absolute Gasteiger partial charge is 0.224 e. The van der Waals surface area contributed by atoms with Crippen molar-refractivity contribution in [3.05, 3.63) is 22.4 Å². The van der Waals surface area contributed by atoms with E-state index in [1.54, 1.807) is 11.3 Å². The summed E-state index contributed by atoms with van der Waals surface area (Å²) in [6, 6.07) is 2.05. The molecule has 0 fully saturated rings. The van der Waals surface area contributed by atoms with Gasteiger partial charge in [-0.3, -0.25) is 4.79 Å². The van der Waals surface area contributed by atoms with Gasteiger partial charge in [-0.05, 0) is 43.2 Å². The van der Waals surface area contributed by atoms with Gasteiger partial charge >= 0.3 is 0 Å². The van der Waals surface area contributed by atoms with Gasteiger partial charge < -0.3 is 16.4 Å². The van der Waals surface area contributed by atoms with Gasteiger partial charge in [0.1, 0.15) is 0 Å². The number of carbonyl (C=O) groups excluding carboxylic acids is 1. The van der Waals surface area contributed by atoms with Crippen LogP contribution in [0.3, 0.4) is 0 Å². The quantitative estimate of drug-likeness (QED) is 0.381. The molecule has 0 saturated carbocycles. The summed E-state index contributed by atoms with van der Waals surface area (Å²) in [6.07, 6.45) is 0. The summed E-state index contributed by atoms with van der Waals surface area (Å²) in [6.45, 7) is 7.47. The number of hydrogen-bond acceptors (Lipinski definition) is 3. The SMILES string of the molecule is CCNC(=NCc1ccsc1)NCC(C)(C)C(N)=O.I. The Morgan fingerprint density at radius 2 is 2.15 bits per heavy atom. The summed E-state index contributed by atoms with van der Waals surface area (Å²) in [5.74, 6) is 0.372. The van der Waals surface area contributed by atoms with Crippen LogP contribution in [-0.2, 0) is 11.3 Å². The number of guanidine groups is 1. The van der Waals surface area contributed by atoms with Gasteiger partial charge in [-0.2, -0.15) is 11.3 Å². The Balaban J connectivity index is 0.00000361. The average Bonchev–Trinajstić information content (AvgIpc) is 2.85. The lowest BCUT2D eigenvalue weighted by atomic mass is 9.93. The van der Waals surface area contributed by atoms with Crippen molar-refractivity contribution in [2.75, 3.05) is 13.1 Å². The van der Waals surface area contributed by atoms with Crippen molar-refractivity contribution >= 4 is 47.2 Å². The third-order valence-electron chi connectivity index (χ3n) is 2.71. The number of carbonyl (C=O) groups is 1. The minimum absolute atomic E-state index is 0. The zero-order valence-corrected chi connectivity index (χ0v) is 15.2. The molecule has 1 aromatic rings. The summed E-state index contributed by atoms with van der Waals surface area (Å²) < 4.78 is 0. The molecule has 114 valence electrons. The fraction of sp³-hybridized carbons (Fsp3) is 0.538. The molecule has 1 heterocycles. The van der Waals surface area contributed by atoms with Crippen molar-refractivity contribution < 1.29 is 4.79 Å². The lowest BCUT2D eigenvalue weighted by molar-refractivity contribution is -0.125. The Kier molecular flexibility index (Phi) is 8.79. The first-order chi connectivity index (χ1) is 8.95. The number of nitrogens with zero attached hydrogens (tertiary/aromatic N) is 1. The van der Waals surface area contributed by atoms with Crippen molar-refractivity contribution in [3.63, 3.8) is 0 Å². The third-order valence-corrected chi connectivity index (χ3v) is 3.44. The van der Waals surface area contributed by atoms with Gasteiger partial charge in [0.05, 0.1) is 12.0 Å². The first-order valence-corrected chi connectivity index (χ1v) is 7.23. The molecule has 0 saturated heterocycles. The van der Waals surface area contributed by atoms with Crippen LogP contribution in [0.2, 0.25) is 0 Å². The highest BCUT2D eigenvalue weighted by atomic mass is 127. The number of thiophene rings is 1. The molecule has 7 heteroatoms. The predicted octanol–water partition coefficient (Wildman–Crippen LogP) is 1.93. The van der Waals surface area contributed by atoms with Gasteiger partial charge in [0.15, 0.2) is 5.96 Å². The lowest BCUT2D eigenvalue weighted by Crippen LogP contribution is -2.46. The number of rotatable bonds is 6. The molecular weight excluding hydrogens is 387 g/mol. The molecule has 1 amide bonds. The highest BCUT2D eigenvalue weighted by Crippen LogP contribution is 2.11. The maximum atomic E-state index is 11.3. The molecule has 20 heavy (non-hydrogen) atoms. The molecule has 0 spiro atoms. The number of nitrogens with one attached hydrogen (secondary N) is 2. The predicted molar refractivity (Wildman–Crippen MR) is 95.5 cm³/mol. The molecule has 0 bridgehead atoms. The van der Waals surface area contributed by atoms with Gasteiger partial charge in [0.2, 0.25) is 5.91 Å². The number of halogens is 1. The first kappa shape index (κ1) is 19.2. The Morgan fingerprint density at radius 3 is 2.65 bits per heavy atom. The summed E-state index contributed by atoms with van der Waals surface area (Å²) in [5.41, 5.74) is 5.92. The topological polar surface area (TPSA) is 79.5 Å². The molecule has 5 nitrogen and oxygen atoms in total. The van der Waals surface area contributed by atoms with E-state index in [-0.39, 0.29) is 29.9 Å². The van der Waals surface area contributed by atoms with Crippen LogP contribution in [0, 0.1) is 5.41 Å². The van der Waals surface area contributed by atoms with Crippen LogP contribution in [0.4, 0.5) is 0 Å². The van der Waals surface area contributed by atoms with Crippen molar-refractivity contribution in [1.82, 2.24) is 10.6 Å². The van der Waals surface area contributed by atoms with Gasteiger partial charge in [0.25, 0.3) is 0 Å². The monoisotopic (exact) mass is 410 g/mol. The van der Waals surface area contributed by atoms with Gasteiger partial charge in [-0.1, -0.05) is 0 Å². The Morgan fingerprint density at radius 1 is 1.45 bits per heavy atom. The molecule has 4 N–H and O–H groups in total. The molecule has 0 aromatic carbocycles. The molecule has 0 unspecified atom stereocenters. The Labute approximate surface area is 141 Å². The summed E-state index contributed by atoms with van der Waals surface area (Å²) in [4.78, 5) is 15.7. The minimum Gasteiger partial charge on any atom is -0.369 e. The lowest BCUT2D eigenvalue weighted by Gasteiger charge is -2.22. The van der Waals surface area contributed by atoms with E-state index in [9.17, 15) is 4.79 Å². The second-order valence-electron chi connectivity index (χ2n) is 4.93. The van der Waals surface area contributed by atoms with Crippen molar-refractivity contribution in [3.8, 4) is 0 Å². The molecule has 0 aliphatic carbocycles. The van der Waals surface area contributed by atoms with E-state index < -0.39 is 5.41 Å². The molecule has 0 atom stereocenters. The number of aliphatic imine (C=N–C) groups is 1. The minimum atomic E-state index is -0.599. The van der Waals surface area contributed by atoms with E-state index >= 15 is 0 Å². The maximum Gasteiger partial charge on any atom is 0.224 e. The highest BCUT2D eigenvalue weighted by Gasteiger charge is 2.24. The molecular formula is C13H23IN4OS. The van der Waals surface area contributed by atoms with E-state index in [2.05, 4.69) is 21.0 Å². The summed E-state index contributed by atoms with van der Waals surface area (Å²) in [7, 11) is 0. The van der Waals surface area contributed by atoms with Crippen LogP contribution in [0.5, 0.6) is 0 Å². The summed E-state index contributed by atoms with van der Waals surface area (Å²) >= 11 is 1.65. The van der Waals surface area contributed by atoms with E-state index in [0.717, 1.165) is 6.54 Å². The van der Waals surface area contributed by atoms with Gasteiger partial charge in [0, 0.05) is 13.1 Å². The van der Waals surface area contributed by atoms with Crippen LogP contribution in [0.1, 0.15) is 26.3 Å². The number of primary amides is 1. The van der Waals surface area contributed by atoms with Crippen molar-refractivity contribution in [2.45, 2.75) is 27.3 Å². The normalized spacial score (nSPS) is 11.7. The fourth-order valence-electron chi connectivity index (χ4n) is 1.29. The van der Waals surface area contributed by atoms with Crippen LogP contribution in [0.15, 0.2) is 21.8 Å². The summed E-state index contributed by atoms with van der Waals surface area (Å²) in [5, 5.41) is 10.4. The molecule has 1 rings (SSSR count). The molecule has 0 aliphatic heterocycles. The van der Waals surface area contributed by atoms with Crippen LogP contribution >= 0.6 is 35.3 Å². The molecule has 1 aromatic heterocycles. The zero-order chi connectivity index (χ0) is 14.3. The second kappa shape index (κ2) is 9.17. The molecule has 0 radical (unpaired) electrons. The second-order valence-corrected chi connectivity index (χ2v) is 5.71. The van der Waals surface area contributed by atoms with E-state index in [4.69, 9.17) is 5.73 Å². The highest BCUT2D eigenvalue weighted by molar-refractivity contribution is 14.0. The largest absolute Gasteiger partial charge is 0.369 e.